The van der Waals surface area contributed by atoms with Gasteiger partial charge < -0.3 is 14.8 Å². The summed E-state index contributed by atoms with van der Waals surface area (Å²) in [5.41, 5.74) is 2.25. The zero-order chi connectivity index (χ0) is 19.0. The lowest BCUT2D eigenvalue weighted by atomic mass is 10.1. The van der Waals surface area contributed by atoms with E-state index in [9.17, 15) is 9.59 Å². The van der Waals surface area contributed by atoms with Crippen LogP contribution in [0.4, 0.5) is 0 Å². The number of amides is 1. The number of nitrogens with zero attached hydrogens (tertiary/aromatic N) is 3. The van der Waals surface area contributed by atoms with Crippen molar-refractivity contribution in [2.45, 2.75) is 26.3 Å². The number of halogens is 1. The third kappa shape index (κ3) is 3.39. The normalized spacial score (nSPS) is 15.0. The molecular weight excluding hydrogens is 410 g/mol. The van der Waals surface area contributed by atoms with Crippen molar-refractivity contribution in [1.29, 1.82) is 0 Å². The number of H-pyrrole nitrogens is 1. The summed E-state index contributed by atoms with van der Waals surface area (Å²) in [6, 6.07) is 5.84. The van der Waals surface area contributed by atoms with Crippen LogP contribution in [0.2, 0.25) is 0 Å². The molecule has 8 heteroatoms. The van der Waals surface area contributed by atoms with Crippen molar-refractivity contribution in [3.63, 3.8) is 0 Å². The van der Waals surface area contributed by atoms with Crippen LogP contribution in [0.15, 0.2) is 27.5 Å². The maximum Gasteiger partial charge on any atom is 0.262 e. The highest BCUT2D eigenvalue weighted by Crippen LogP contribution is 2.26. The number of piperazine rings is 1. The summed E-state index contributed by atoms with van der Waals surface area (Å²) in [5.74, 6) is 0.164. The van der Waals surface area contributed by atoms with Crippen molar-refractivity contribution in [1.82, 2.24) is 25.0 Å². The Hall–Kier alpha value is -2.19. The van der Waals surface area contributed by atoms with Gasteiger partial charge in [-0.05, 0) is 31.5 Å². The number of aryl methyl sites for hydroxylation is 2. The molecule has 0 bridgehead atoms. The first kappa shape index (κ1) is 18.2. The average Bonchev–Trinajstić information content (AvgIpc) is 3.07. The minimum absolute atomic E-state index is 0.0549. The van der Waals surface area contributed by atoms with Gasteiger partial charge in [-0.3, -0.25) is 14.7 Å². The summed E-state index contributed by atoms with van der Waals surface area (Å²) in [5, 5.41) is 12.1. The first-order valence-corrected chi connectivity index (χ1v) is 10.0. The highest BCUT2D eigenvalue weighted by Gasteiger charge is 2.18. The number of pyridine rings is 1. The Kier molecular flexibility index (Phi) is 5.01. The lowest BCUT2D eigenvalue weighted by molar-refractivity contribution is -0.131. The monoisotopic (exact) mass is 431 g/mol. The van der Waals surface area contributed by atoms with E-state index in [0.29, 0.717) is 30.3 Å². The maximum atomic E-state index is 13.1. The minimum atomic E-state index is -0.0549. The van der Waals surface area contributed by atoms with Gasteiger partial charge in [0.1, 0.15) is 5.52 Å². The van der Waals surface area contributed by atoms with E-state index in [1.165, 1.54) is 0 Å². The number of hydrogen-bond acceptors (Lipinski definition) is 4. The number of hydrogen-bond donors (Lipinski definition) is 2. The molecule has 4 rings (SSSR count). The topological polar surface area (TPSA) is 83.0 Å². The van der Waals surface area contributed by atoms with Crippen LogP contribution in [0.25, 0.3) is 21.8 Å². The Morgan fingerprint density at radius 2 is 2.07 bits per heavy atom. The number of fused-ring (bicyclic) bond motifs is 3. The molecule has 7 nitrogen and oxygen atoms in total. The average molecular weight is 432 g/mol. The second-order valence-electron chi connectivity index (χ2n) is 6.92. The van der Waals surface area contributed by atoms with Crippen LogP contribution in [0.1, 0.15) is 18.5 Å². The smallest absolute Gasteiger partial charge is 0.262 e. The molecule has 142 valence electrons. The fraction of sp³-hybridized carbons (Fsp3) is 0.421. The van der Waals surface area contributed by atoms with Gasteiger partial charge in [-0.15, -0.1) is 0 Å². The highest BCUT2D eigenvalue weighted by molar-refractivity contribution is 9.10. The zero-order valence-corrected chi connectivity index (χ0v) is 16.8. The van der Waals surface area contributed by atoms with Crippen LogP contribution in [0, 0.1) is 6.92 Å². The van der Waals surface area contributed by atoms with Gasteiger partial charge in [0.25, 0.3) is 5.56 Å². The summed E-state index contributed by atoms with van der Waals surface area (Å²) in [4.78, 5) is 27.4. The number of aromatic nitrogens is 3. The van der Waals surface area contributed by atoms with Crippen molar-refractivity contribution in [2.24, 2.45) is 0 Å². The molecule has 3 aromatic rings. The van der Waals surface area contributed by atoms with Crippen molar-refractivity contribution >= 4 is 43.6 Å². The van der Waals surface area contributed by atoms with Gasteiger partial charge in [0.05, 0.1) is 10.9 Å². The van der Waals surface area contributed by atoms with E-state index in [1.54, 1.807) is 4.57 Å². The third-order valence-electron chi connectivity index (χ3n) is 5.15. The fourth-order valence-corrected chi connectivity index (χ4v) is 4.11. The molecule has 0 atom stereocenters. The van der Waals surface area contributed by atoms with E-state index in [1.807, 2.05) is 30.0 Å². The van der Waals surface area contributed by atoms with Crippen LogP contribution in [-0.2, 0) is 11.3 Å². The van der Waals surface area contributed by atoms with E-state index in [0.717, 1.165) is 47.2 Å². The fourth-order valence-electron chi connectivity index (χ4n) is 3.75. The second-order valence-corrected chi connectivity index (χ2v) is 7.84. The summed E-state index contributed by atoms with van der Waals surface area (Å²) in [6.07, 6.45) is 1.09. The van der Waals surface area contributed by atoms with Gasteiger partial charge in [0.15, 0.2) is 0 Å². The molecule has 27 heavy (non-hydrogen) atoms. The van der Waals surface area contributed by atoms with E-state index < -0.39 is 0 Å². The SMILES string of the molecule is Cc1[nH]nc2c1c(=O)n(CCCC(=O)N1CCNCC1)c1ccc(Br)cc21. The Bertz CT molecular complexity index is 1070. The number of aromatic amines is 1. The Morgan fingerprint density at radius 3 is 2.85 bits per heavy atom. The van der Waals surface area contributed by atoms with Crippen molar-refractivity contribution in [3.8, 4) is 0 Å². The van der Waals surface area contributed by atoms with E-state index in [2.05, 4.69) is 31.4 Å². The van der Waals surface area contributed by atoms with Crippen LogP contribution < -0.4 is 10.9 Å². The Balaban J connectivity index is 1.64. The predicted molar refractivity (Wildman–Crippen MR) is 109 cm³/mol. The number of carbonyl (C=O) groups is 1. The third-order valence-corrected chi connectivity index (χ3v) is 5.65. The van der Waals surface area contributed by atoms with Gasteiger partial charge in [-0.2, -0.15) is 5.10 Å². The summed E-state index contributed by atoms with van der Waals surface area (Å²) in [6.45, 7) is 5.59. The van der Waals surface area contributed by atoms with E-state index >= 15 is 0 Å². The standard InChI is InChI=1S/C19H22BrN5O2/c1-12-17-18(23-22-12)14-11-13(20)4-5-15(14)25(19(17)27)8-2-3-16(26)24-9-6-21-7-10-24/h4-5,11,21H,2-3,6-10H2,1H3,(H,22,23). The first-order valence-electron chi connectivity index (χ1n) is 9.21. The number of rotatable bonds is 4. The number of benzene rings is 1. The molecular formula is C19H22BrN5O2. The lowest BCUT2D eigenvalue weighted by Gasteiger charge is -2.27. The van der Waals surface area contributed by atoms with Gasteiger partial charge in [-0.1, -0.05) is 15.9 Å². The molecule has 1 amide bonds. The summed E-state index contributed by atoms with van der Waals surface area (Å²) in [7, 11) is 0. The molecule has 1 saturated heterocycles. The van der Waals surface area contributed by atoms with Crippen LogP contribution in [0.3, 0.4) is 0 Å². The molecule has 2 N–H and O–H groups in total. The van der Waals surface area contributed by atoms with Crippen molar-refractivity contribution in [3.05, 3.63) is 38.7 Å². The van der Waals surface area contributed by atoms with Gasteiger partial charge >= 0.3 is 0 Å². The van der Waals surface area contributed by atoms with Gasteiger partial charge in [0.2, 0.25) is 5.91 Å². The molecule has 3 heterocycles. The molecule has 1 aromatic carbocycles. The molecule has 1 aliphatic rings. The zero-order valence-electron chi connectivity index (χ0n) is 15.2. The van der Waals surface area contributed by atoms with Crippen molar-refractivity contribution in [2.75, 3.05) is 26.2 Å². The van der Waals surface area contributed by atoms with Crippen LogP contribution in [0.5, 0.6) is 0 Å². The van der Waals surface area contributed by atoms with Gasteiger partial charge in [0, 0.05) is 54.7 Å². The largest absolute Gasteiger partial charge is 0.340 e. The molecule has 0 aliphatic carbocycles. The molecule has 0 spiro atoms. The van der Waals surface area contributed by atoms with Gasteiger partial charge in [-0.25, -0.2) is 0 Å². The molecule has 1 fully saturated rings. The minimum Gasteiger partial charge on any atom is -0.340 e. The molecule has 0 unspecified atom stereocenters. The number of carbonyl (C=O) groups excluding carboxylic acids is 1. The Labute approximate surface area is 164 Å². The number of nitrogens with one attached hydrogen (secondary N) is 2. The molecule has 0 radical (unpaired) electrons. The first-order chi connectivity index (χ1) is 13.1. The second kappa shape index (κ2) is 7.44. The Morgan fingerprint density at radius 1 is 1.30 bits per heavy atom. The maximum absolute atomic E-state index is 13.1. The summed E-state index contributed by atoms with van der Waals surface area (Å²) >= 11 is 3.50. The highest BCUT2D eigenvalue weighted by atomic mass is 79.9. The van der Waals surface area contributed by atoms with E-state index in [-0.39, 0.29) is 11.5 Å². The quantitative estimate of drug-likeness (QED) is 0.662. The van der Waals surface area contributed by atoms with E-state index in [4.69, 9.17) is 0 Å². The predicted octanol–water partition coefficient (Wildman–Crippen LogP) is 2.16. The van der Waals surface area contributed by atoms with Crippen LogP contribution >= 0.6 is 15.9 Å². The van der Waals surface area contributed by atoms with Crippen molar-refractivity contribution < 1.29 is 4.79 Å². The van der Waals surface area contributed by atoms with Crippen LogP contribution in [-0.4, -0.2) is 51.8 Å². The summed E-state index contributed by atoms with van der Waals surface area (Å²) < 4.78 is 2.72. The molecule has 2 aromatic heterocycles. The molecule has 0 saturated carbocycles. The molecule has 1 aliphatic heterocycles. The lowest BCUT2D eigenvalue weighted by Crippen LogP contribution is -2.46.